The van der Waals surface area contributed by atoms with Crippen molar-refractivity contribution in [1.82, 2.24) is 15.1 Å². The van der Waals surface area contributed by atoms with Gasteiger partial charge in [0.15, 0.2) is 0 Å². The van der Waals surface area contributed by atoms with E-state index in [9.17, 15) is 9.59 Å². The highest BCUT2D eigenvalue weighted by atomic mass is 16.5. The molecular weight excluding hydrogens is 282 g/mol. The summed E-state index contributed by atoms with van der Waals surface area (Å²) in [5.41, 5.74) is 0.0913. The number of rotatable bonds is 7. The van der Waals surface area contributed by atoms with Gasteiger partial charge in [-0.05, 0) is 26.9 Å². The van der Waals surface area contributed by atoms with Gasteiger partial charge in [0.05, 0.1) is 12.5 Å². The van der Waals surface area contributed by atoms with Gasteiger partial charge in [-0.25, -0.2) is 0 Å². The average molecular weight is 311 g/mol. The smallest absolute Gasteiger partial charge is 0.225 e. The lowest BCUT2D eigenvalue weighted by atomic mass is 9.95. The summed E-state index contributed by atoms with van der Waals surface area (Å²) in [7, 11) is 5.79. The fourth-order valence-corrected chi connectivity index (χ4v) is 3.58. The summed E-state index contributed by atoms with van der Waals surface area (Å²) >= 11 is 0. The molecule has 0 aromatic carbocycles. The zero-order chi connectivity index (χ0) is 16.2. The van der Waals surface area contributed by atoms with Gasteiger partial charge in [-0.2, -0.15) is 0 Å². The monoisotopic (exact) mass is 311 g/mol. The largest absolute Gasteiger partial charge is 0.383 e. The van der Waals surface area contributed by atoms with Crippen molar-refractivity contribution in [3.63, 3.8) is 0 Å². The van der Waals surface area contributed by atoms with Gasteiger partial charge in [-0.1, -0.05) is 12.8 Å². The van der Waals surface area contributed by atoms with Crippen molar-refractivity contribution in [3.8, 4) is 0 Å². The summed E-state index contributed by atoms with van der Waals surface area (Å²) in [6.07, 6.45) is 5.03. The molecule has 2 amide bonds. The maximum atomic E-state index is 12.4. The number of hydrogen-bond acceptors (Lipinski definition) is 4. The van der Waals surface area contributed by atoms with E-state index < -0.39 is 0 Å². The number of likely N-dealkylation sites (tertiary alicyclic amines) is 1. The summed E-state index contributed by atoms with van der Waals surface area (Å²) in [6, 6.07) is 0. The lowest BCUT2D eigenvalue weighted by Gasteiger charge is -2.36. The molecule has 2 aliphatic rings. The summed E-state index contributed by atoms with van der Waals surface area (Å²) in [5, 5.41) is 3.10. The van der Waals surface area contributed by atoms with E-state index in [-0.39, 0.29) is 23.3 Å². The third-order valence-corrected chi connectivity index (χ3v) is 5.23. The number of likely N-dealkylation sites (N-methyl/N-ethyl adjacent to an activating group) is 1. The predicted molar refractivity (Wildman–Crippen MR) is 84.5 cm³/mol. The van der Waals surface area contributed by atoms with Crippen LogP contribution < -0.4 is 5.32 Å². The molecular formula is C16H29N3O3. The van der Waals surface area contributed by atoms with Crippen molar-refractivity contribution >= 4 is 11.8 Å². The number of nitrogens with one attached hydrogen (secondary N) is 1. The van der Waals surface area contributed by atoms with E-state index in [0.29, 0.717) is 32.7 Å². The second-order valence-electron chi connectivity index (χ2n) is 6.78. The van der Waals surface area contributed by atoms with Crippen LogP contribution in [-0.4, -0.2) is 74.6 Å². The van der Waals surface area contributed by atoms with Crippen LogP contribution in [0.2, 0.25) is 0 Å². The van der Waals surface area contributed by atoms with Crippen LogP contribution in [0.1, 0.15) is 32.1 Å². The standard InChI is InChI=1S/C16H29N3O3/c1-18(2)16(6-4-5-7-16)12-17-15(21)13-10-14(20)19(11-13)8-9-22-3/h13H,4-12H2,1-3H3,(H,17,21)/t13-/m1/s1. The molecule has 0 bridgehead atoms. The van der Waals surface area contributed by atoms with E-state index in [2.05, 4.69) is 24.3 Å². The van der Waals surface area contributed by atoms with E-state index in [1.165, 1.54) is 12.8 Å². The average Bonchev–Trinajstić information content (AvgIpc) is 3.10. The maximum absolute atomic E-state index is 12.4. The minimum atomic E-state index is -0.218. The Morgan fingerprint density at radius 2 is 2.09 bits per heavy atom. The van der Waals surface area contributed by atoms with Gasteiger partial charge in [0.25, 0.3) is 0 Å². The summed E-state index contributed by atoms with van der Waals surface area (Å²) in [5.74, 6) is -0.147. The number of methoxy groups -OCH3 is 1. The first-order valence-electron chi connectivity index (χ1n) is 8.20. The van der Waals surface area contributed by atoms with E-state index in [1.54, 1.807) is 12.0 Å². The molecule has 0 unspecified atom stereocenters. The molecule has 0 radical (unpaired) electrons. The molecule has 22 heavy (non-hydrogen) atoms. The zero-order valence-corrected chi connectivity index (χ0v) is 14.1. The van der Waals surface area contributed by atoms with Crippen LogP contribution in [0.5, 0.6) is 0 Å². The number of hydrogen-bond donors (Lipinski definition) is 1. The van der Waals surface area contributed by atoms with Crippen molar-refractivity contribution in [2.45, 2.75) is 37.6 Å². The number of carbonyl (C=O) groups is 2. The van der Waals surface area contributed by atoms with Gasteiger partial charge in [-0.3, -0.25) is 9.59 Å². The zero-order valence-electron chi connectivity index (χ0n) is 14.1. The van der Waals surface area contributed by atoms with E-state index in [0.717, 1.165) is 12.8 Å². The molecule has 1 aliphatic heterocycles. The van der Waals surface area contributed by atoms with Crippen LogP contribution in [0.25, 0.3) is 0 Å². The van der Waals surface area contributed by atoms with Crippen LogP contribution in [0.4, 0.5) is 0 Å². The molecule has 6 heteroatoms. The second kappa shape index (κ2) is 7.42. The Kier molecular flexibility index (Phi) is 5.81. The number of amides is 2. The van der Waals surface area contributed by atoms with Gasteiger partial charge in [0.2, 0.25) is 11.8 Å². The molecule has 1 saturated carbocycles. The Hall–Kier alpha value is -1.14. The molecule has 0 aromatic heterocycles. The molecule has 2 rings (SSSR count). The first-order valence-corrected chi connectivity index (χ1v) is 8.20. The van der Waals surface area contributed by atoms with Gasteiger partial charge in [0, 0.05) is 38.7 Å². The maximum Gasteiger partial charge on any atom is 0.225 e. The lowest BCUT2D eigenvalue weighted by Crippen LogP contribution is -2.51. The molecule has 0 spiro atoms. The highest BCUT2D eigenvalue weighted by Gasteiger charge is 2.38. The van der Waals surface area contributed by atoms with Crippen LogP contribution in [0, 0.1) is 5.92 Å². The minimum absolute atomic E-state index is 0.0152. The molecule has 6 nitrogen and oxygen atoms in total. The highest BCUT2D eigenvalue weighted by molar-refractivity contribution is 5.89. The van der Waals surface area contributed by atoms with Crippen molar-refractivity contribution in [2.24, 2.45) is 5.92 Å². The number of ether oxygens (including phenoxy) is 1. The minimum Gasteiger partial charge on any atom is -0.383 e. The molecule has 1 aliphatic carbocycles. The summed E-state index contributed by atoms with van der Waals surface area (Å²) < 4.78 is 5.00. The first kappa shape index (κ1) is 17.2. The van der Waals surface area contributed by atoms with E-state index in [4.69, 9.17) is 4.74 Å². The first-order chi connectivity index (χ1) is 10.5. The number of nitrogens with zero attached hydrogens (tertiary/aromatic N) is 2. The Morgan fingerprint density at radius 3 is 2.68 bits per heavy atom. The van der Waals surface area contributed by atoms with Gasteiger partial charge in [0.1, 0.15) is 0 Å². The third kappa shape index (κ3) is 3.79. The lowest BCUT2D eigenvalue weighted by molar-refractivity contribution is -0.129. The summed E-state index contributed by atoms with van der Waals surface area (Å²) in [4.78, 5) is 28.3. The normalized spacial score (nSPS) is 24.3. The Labute approximate surface area is 133 Å². The highest BCUT2D eigenvalue weighted by Crippen LogP contribution is 2.33. The topological polar surface area (TPSA) is 61.9 Å². The van der Waals surface area contributed by atoms with Crippen LogP contribution in [-0.2, 0) is 14.3 Å². The molecule has 1 heterocycles. The van der Waals surface area contributed by atoms with Crippen LogP contribution in [0.3, 0.4) is 0 Å². The fraction of sp³-hybridized carbons (Fsp3) is 0.875. The van der Waals surface area contributed by atoms with E-state index >= 15 is 0 Å². The fourth-order valence-electron chi connectivity index (χ4n) is 3.58. The number of carbonyl (C=O) groups excluding carboxylic acids is 2. The van der Waals surface area contributed by atoms with Gasteiger partial charge in [-0.15, -0.1) is 0 Å². The molecule has 1 saturated heterocycles. The van der Waals surface area contributed by atoms with Gasteiger partial charge < -0.3 is 19.9 Å². The van der Waals surface area contributed by atoms with Crippen molar-refractivity contribution < 1.29 is 14.3 Å². The van der Waals surface area contributed by atoms with Crippen molar-refractivity contribution in [1.29, 1.82) is 0 Å². The Balaban J connectivity index is 1.84. The third-order valence-electron chi connectivity index (χ3n) is 5.23. The van der Waals surface area contributed by atoms with Crippen LogP contribution in [0.15, 0.2) is 0 Å². The predicted octanol–water partition coefficient (Wildman–Crippen LogP) is 0.472. The second-order valence-corrected chi connectivity index (χ2v) is 6.78. The van der Waals surface area contributed by atoms with E-state index in [1.807, 2.05) is 0 Å². The molecule has 1 N–H and O–H groups in total. The van der Waals surface area contributed by atoms with Gasteiger partial charge >= 0.3 is 0 Å². The van der Waals surface area contributed by atoms with Crippen molar-refractivity contribution in [3.05, 3.63) is 0 Å². The van der Waals surface area contributed by atoms with Crippen LogP contribution >= 0.6 is 0 Å². The quantitative estimate of drug-likeness (QED) is 0.742. The Bertz CT molecular complexity index is 405. The molecule has 126 valence electrons. The Morgan fingerprint density at radius 1 is 1.41 bits per heavy atom. The summed E-state index contributed by atoms with van der Waals surface area (Å²) in [6.45, 7) is 2.29. The van der Waals surface area contributed by atoms with Crippen molar-refractivity contribution in [2.75, 3.05) is 47.4 Å². The molecule has 0 aromatic rings. The SMILES string of the molecule is COCCN1C[C@H](C(=O)NCC2(N(C)C)CCCC2)CC1=O. The molecule has 1 atom stereocenters. The molecule has 2 fully saturated rings.